The van der Waals surface area contributed by atoms with Crippen molar-refractivity contribution in [1.82, 2.24) is 4.98 Å². The second kappa shape index (κ2) is 5.10. The van der Waals surface area contributed by atoms with Crippen molar-refractivity contribution in [1.29, 1.82) is 0 Å². The van der Waals surface area contributed by atoms with E-state index in [0.717, 1.165) is 5.69 Å². The predicted molar refractivity (Wildman–Crippen MR) is 75.2 cm³/mol. The van der Waals surface area contributed by atoms with E-state index in [1.54, 1.807) is 18.2 Å². The minimum Gasteiger partial charge on any atom is -0.454 e. The van der Waals surface area contributed by atoms with Crippen LogP contribution in [0.4, 0.5) is 5.13 Å². The third-order valence-electron chi connectivity index (χ3n) is 2.84. The third-order valence-corrected chi connectivity index (χ3v) is 3.62. The van der Waals surface area contributed by atoms with Gasteiger partial charge in [-0.05, 0) is 25.1 Å². The first-order chi connectivity index (χ1) is 9.63. The second-order valence-corrected chi connectivity index (χ2v) is 5.25. The fraction of sp³-hybridized carbons (Fsp3) is 0.231. The van der Waals surface area contributed by atoms with Crippen LogP contribution < -0.4 is 20.5 Å². The summed E-state index contributed by atoms with van der Waals surface area (Å²) in [6, 6.07) is 4.90. The Balaban J connectivity index is 1.75. The van der Waals surface area contributed by atoms with E-state index in [9.17, 15) is 4.79 Å². The van der Waals surface area contributed by atoms with E-state index in [2.05, 4.69) is 10.3 Å². The topological polar surface area (TPSA) is 86.5 Å². The molecule has 1 aliphatic rings. The number of aromatic nitrogens is 1. The number of nitrogens with two attached hydrogens (primary N) is 1. The van der Waals surface area contributed by atoms with Crippen LogP contribution in [0.15, 0.2) is 23.6 Å². The van der Waals surface area contributed by atoms with Crippen molar-refractivity contribution < 1.29 is 14.3 Å². The summed E-state index contributed by atoms with van der Waals surface area (Å²) in [7, 11) is 0. The largest absolute Gasteiger partial charge is 0.454 e. The van der Waals surface area contributed by atoms with Crippen LogP contribution in [0.5, 0.6) is 11.5 Å². The standard InChI is InChI=1S/C13H13N3O3S/c1-7(14)9-5-20-13(15-9)16-12(17)8-2-3-10-11(4-8)19-6-18-10/h2-5,7H,6,14H2,1H3,(H,15,16,17). The lowest BCUT2D eigenvalue weighted by Gasteiger charge is -2.03. The number of nitrogens with zero attached hydrogens (tertiary/aromatic N) is 1. The lowest BCUT2D eigenvalue weighted by molar-refractivity contribution is 0.102. The van der Waals surface area contributed by atoms with Gasteiger partial charge in [-0.15, -0.1) is 11.3 Å². The molecule has 2 aromatic rings. The molecular weight excluding hydrogens is 278 g/mol. The maximum absolute atomic E-state index is 12.1. The Kier molecular flexibility index (Phi) is 3.29. The molecule has 1 amide bonds. The molecule has 6 nitrogen and oxygen atoms in total. The number of carbonyl (C=O) groups is 1. The molecule has 3 N–H and O–H groups in total. The van der Waals surface area contributed by atoms with E-state index in [0.29, 0.717) is 22.2 Å². The molecule has 7 heteroatoms. The molecule has 0 fully saturated rings. The molecule has 1 aromatic carbocycles. The molecule has 1 unspecified atom stereocenters. The van der Waals surface area contributed by atoms with Crippen molar-refractivity contribution in [2.45, 2.75) is 13.0 Å². The molecule has 0 bridgehead atoms. The molecule has 0 saturated heterocycles. The van der Waals surface area contributed by atoms with E-state index >= 15 is 0 Å². The van der Waals surface area contributed by atoms with Crippen molar-refractivity contribution in [3.8, 4) is 11.5 Å². The van der Waals surface area contributed by atoms with E-state index < -0.39 is 0 Å². The number of hydrogen-bond donors (Lipinski definition) is 2. The SMILES string of the molecule is CC(N)c1csc(NC(=O)c2ccc3c(c2)OCO3)n1. The third kappa shape index (κ3) is 2.45. The zero-order valence-corrected chi connectivity index (χ0v) is 11.6. The van der Waals surface area contributed by atoms with Crippen molar-refractivity contribution in [3.05, 3.63) is 34.8 Å². The van der Waals surface area contributed by atoms with Gasteiger partial charge >= 0.3 is 0 Å². The lowest BCUT2D eigenvalue weighted by atomic mass is 10.2. The van der Waals surface area contributed by atoms with Crippen LogP contribution in [0.1, 0.15) is 29.0 Å². The summed E-state index contributed by atoms with van der Waals surface area (Å²) in [6.07, 6.45) is 0. The minimum absolute atomic E-state index is 0.151. The molecule has 1 aliphatic heterocycles. The number of carbonyl (C=O) groups excluding carboxylic acids is 1. The van der Waals surface area contributed by atoms with Gasteiger partial charge in [0.15, 0.2) is 16.6 Å². The summed E-state index contributed by atoms with van der Waals surface area (Å²) in [5.74, 6) is 0.983. The molecule has 1 aromatic heterocycles. The average Bonchev–Trinajstić information content (AvgIpc) is 3.05. The first-order valence-corrected chi connectivity index (χ1v) is 6.93. The van der Waals surface area contributed by atoms with Gasteiger partial charge in [0, 0.05) is 17.0 Å². The van der Waals surface area contributed by atoms with Crippen LogP contribution in [0, 0.1) is 0 Å². The lowest BCUT2D eigenvalue weighted by Crippen LogP contribution is -2.12. The molecule has 0 saturated carbocycles. The number of fused-ring (bicyclic) bond motifs is 1. The van der Waals surface area contributed by atoms with Gasteiger partial charge in [0.1, 0.15) is 0 Å². The van der Waals surface area contributed by atoms with E-state index in [1.165, 1.54) is 11.3 Å². The molecule has 20 heavy (non-hydrogen) atoms. The Morgan fingerprint density at radius 2 is 2.25 bits per heavy atom. The normalized spacial score (nSPS) is 14.1. The van der Waals surface area contributed by atoms with Crippen molar-refractivity contribution in [2.24, 2.45) is 5.73 Å². The Labute approximate surface area is 119 Å². The van der Waals surface area contributed by atoms with Crippen molar-refractivity contribution >= 4 is 22.4 Å². The fourth-order valence-corrected chi connectivity index (χ4v) is 2.57. The van der Waals surface area contributed by atoms with Gasteiger partial charge < -0.3 is 15.2 Å². The number of hydrogen-bond acceptors (Lipinski definition) is 6. The number of benzene rings is 1. The van der Waals surface area contributed by atoms with E-state index in [4.69, 9.17) is 15.2 Å². The summed E-state index contributed by atoms with van der Waals surface area (Å²) < 4.78 is 10.4. The van der Waals surface area contributed by atoms with Crippen LogP contribution in [0.25, 0.3) is 0 Å². The Hall–Kier alpha value is -2.12. The number of rotatable bonds is 3. The highest BCUT2D eigenvalue weighted by molar-refractivity contribution is 7.14. The molecule has 2 heterocycles. The maximum Gasteiger partial charge on any atom is 0.257 e. The number of nitrogens with one attached hydrogen (secondary N) is 1. The summed E-state index contributed by atoms with van der Waals surface area (Å²) in [5.41, 5.74) is 6.98. The van der Waals surface area contributed by atoms with Crippen LogP contribution in [-0.4, -0.2) is 17.7 Å². The molecule has 0 spiro atoms. The highest BCUT2D eigenvalue weighted by Crippen LogP contribution is 2.32. The molecule has 104 valence electrons. The zero-order chi connectivity index (χ0) is 14.1. The van der Waals surface area contributed by atoms with Crippen LogP contribution in [-0.2, 0) is 0 Å². The summed E-state index contributed by atoms with van der Waals surface area (Å²) in [4.78, 5) is 16.4. The quantitative estimate of drug-likeness (QED) is 0.904. The molecule has 0 radical (unpaired) electrons. The Bertz CT molecular complexity index is 654. The second-order valence-electron chi connectivity index (χ2n) is 4.39. The molecule has 3 rings (SSSR count). The predicted octanol–water partition coefficient (Wildman–Crippen LogP) is 2.14. The van der Waals surface area contributed by atoms with Gasteiger partial charge in [-0.3, -0.25) is 10.1 Å². The van der Waals surface area contributed by atoms with Crippen LogP contribution in [0.2, 0.25) is 0 Å². The average molecular weight is 291 g/mol. The number of thiazole rings is 1. The molecular formula is C13H13N3O3S. The summed E-state index contributed by atoms with van der Waals surface area (Å²) in [6.45, 7) is 2.03. The van der Waals surface area contributed by atoms with E-state index in [-0.39, 0.29) is 18.7 Å². The van der Waals surface area contributed by atoms with E-state index in [1.807, 2.05) is 12.3 Å². The van der Waals surface area contributed by atoms with Crippen molar-refractivity contribution in [3.63, 3.8) is 0 Å². The summed E-state index contributed by atoms with van der Waals surface area (Å²) in [5, 5.41) is 5.10. The van der Waals surface area contributed by atoms with Crippen LogP contribution >= 0.6 is 11.3 Å². The zero-order valence-electron chi connectivity index (χ0n) is 10.8. The Morgan fingerprint density at radius 3 is 3.00 bits per heavy atom. The number of anilines is 1. The first kappa shape index (κ1) is 12.9. The fourth-order valence-electron chi connectivity index (χ4n) is 1.76. The van der Waals surface area contributed by atoms with Gasteiger partial charge in [0.05, 0.1) is 5.69 Å². The number of ether oxygens (including phenoxy) is 2. The maximum atomic E-state index is 12.1. The first-order valence-electron chi connectivity index (χ1n) is 6.05. The number of amides is 1. The van der Waals surface area contributed by atoms with Crippen molar-refractivity contribution in [2.75, 3.05) is 12.1 Å². The highest BCUT2D eigenvalue weighted by Gasteiger charge is 2.17. The van der Waals surface area contributed by atoms with Gasteiger partial charge in [-0.1, -0.05) is 0 Å². The monoisotopic (exact) mass is 291 g/mol. The van der Waals surface area contributed by atoms with Gasteiger partial charge in [0.25, 0.3) is 5.91 Å². The van der Waals surface area contributed by atoms with Gasteiger partial charge in [-0.2, -0.15) is 0 Å². The summed E-state index contributed by atoms with van der Waals surface area (Å²) >= 11 is 1.35. The molecule has 0 aliphatic carbocycles. The highest BCUT2D eigenvalue weighted by atomic mass is 32.1. The smallest absolute Gasteiger partial charge is 0.257 e. The van der Waals surface area contributed by atoms with Gasteiger partial charge in [0.2, 0.25) is 6.79 Å². The molecule has 1 atom stereocenters. The van der Waals surface area contributed by atoms with Crippen LogP contribution in [0.3, 0.4) is 0 Å². The minimum atomic E-state index is -0.242. The van der Waals surface area contributed by atoms with Gasteiger partial charge in [-0.25, -0.2) is 4.98 Å². The Morgan fingerprint density at radius 1 is 1.45 bits per heavy atom.